The lowest BCUT2D eigenvalue weighted by molar-refractivity contribution is 0.0686. The Hall–Kier alpha value is -0.870. The third kappa shape index (κ3) is 5.88. The molecule has 0 aliphatic rings. The van der Waals surface area contributed by atoms with Crippen LogP contribution in [0.15, 0.2) is 10.6 Å². The molecule has 0 aromatic carbocycles. The molecule has 0 N–H and O–H groups in total. The molecule has 0 unspecified atom stereocenters. The van der Waals surface area contributed by atoms with E-state index in [2.05, 4.69) is 5.16 Å². The first kappa shape index (κ1) is 13.2. The van der Waals surface area contributed by atoms with Crippen LogP contribution >= 0.6 is 0 Å². The van der Waals surface area contributed by atoms with Gasteiger partial charge in [-0.1, -0.05) is 11.6 Å². The third-order valence-electron chi connectivity index (χ3n) is 2.33. The number of hydrogen-bond acceptors (Lipinski definition) is 4. The Balaban J connectivity index is 1.88. The number of rotatable bonds is 9. The lowest BCUT2D eigenvalue weighted by Crippen LogP contribution is -2.02. The van der Waals surface area contributed by atoms with E-state index < -0.39 is 0 Å². The van der Waals surface area contributed by atoms with Gasteiger partial charge in [-0.25, -0.2) is 0 Å². The van der Waals surface area contributed by atoms with E-state index in [1.54, 1.807) is 7.11 Å². The minimum absolute atomic E-state index is 0.679. The van der Waals surface area contributed by atoms with E-state index >= 15 is 0 Å². The standard InChI is InChI=1S/C12H21NO3/c1-11-10-12(13-16-11)6-4-3-5-7-15-9-8-14-2/h10H,3-9H2,1-2H3. The molecule has 1 aromatic heterocycles. The van der Waals surface area contributed by atoms with E-state index in [9.17, 15) is 0 Å². The van der Waals surface area contributed by atoms with Gasteiger partial charge in [-0.15, -0.1) is 0 Å². The molecule has 0 radical (unpaired) electrons. The number of ether oxygens (including phenoxy) is 2. The van der Waals surface area contributed by atoms with Crippen molar-refractivity contribution in [2.24, 2.45) is 0 Å². The molecule has 92 valence electrons. The van der Waals surface area contributed by atoms with Crippen molar-refractivity contribution in [3.63, 3.8) is 0 Å². The van der Waals surface area contributed by atoms with Crippen molar-refractivity contribution in [2.75, 3.05) is 26.9 Å². The van der Waals surface area contributed by atoms with Gasteiger partial charge in [0.15, 0.2) is 0 Å². The first-order chi connectivity index (χ1) is 7.83. The summed E-state index contributed by atoms with van der Waals surface area (Å²) in [6.45, 7) is 4.11. The van der Waals surface area contributed by atoms with Gasteiger partial charge in [-0.2, -0.15) is 0 Å². The summed E-state index contributed by atoms with van der Waals surface area (Å²) in [5.74, 6) is 0.887. The van der Waals surface area contributed by atoms with Crippen molar-refractivity contribution in [3.05, 3.63) is 17.5 Å². The smallest absolute Gasteiger partial charge is 0.133 e. The number of nitrogens with zero attached hydrogens (tertiary/aromatic N) is 1. The number of unbranched alkanes of at least 4 members (excludes halogenated alkanes) is 2. The minimum Gasteiger partial charge on any atom is -0.382 e. The summed E-state index contributed by atoms with van der Waals surface area (Å²) >= 11 is 0. The van der Waals surface area contributed by atoms with Crippen molar-refractivity contribution in [1.82, 2.24) is 5.16 Å². The van der Waals surface area contributed by atoms with E-state index in [4.69, 9.17) is 14.0 Å². The van der Waals surface area contributed by atoms with Crippen LogP contribution in [-0.4, -0.2) is 32.1 Å². The van der Waals surface area contributed by atoms with Crippen LogP contribution in [0.3, 0.4) is 0 Å². The zero-order chi connectivity index (χ0) is 11.6. The van der Waals surface area contributed by atoms with Crippen molar-refractivity contribution >= 4 is 0 Å². The fourth-order valence-corrected chi connectivity index (χ4v) is 1.47. The highest BCUT2D eigenvalue weighted by Crippen LogP contribution is 2.07. The lowest BCUT2D eigenvalue weighted by Gasteiger charge is -2.02. The summed E-state index contributed by atoms with van der Waals surface area (Å²) in [5.41, 5.74) is 1.05. The molecule has 0 fully saturated rings. The molecule has 4 nitrogen and oxygen atoms in total. The van der Waals surface area contributed by atoms with Gasteiger partial charge in [0.1, 0.15) is 5.76 Å². The molecule has 1 heterocycles. The van der Waals surface area contributed by atoms with Crippen LogP contribution < -0.4 is 0 Å². The van der Waals surface area contributed by atoms with Crippen LogP contribution in [0.25, 0.3) is 0 Å². The van der Waals surface area contributed by atoms with Crippen molar-refractivity contribution < 1.29 is 14.0 Å². The van der Waals surface area contributed by atoms with Crippen LogP contribution in [0.5, 0.6) is 0 Å². The second-order valence-electron chi connectivity index (χ2n) is 3.84. The van der Waals surface area contributed by atoms with Gasteiger partial charge in [0.25, 0.3) is 0 Å². The summed E-state index contributed by atoms with van der Waals surface area (Å²) in [7, 11) is 1.68. The zero-order valence-electron chi connectivity index (χ0n) is 10.2. The first-order valence-corrected chi connectivity index (χ1v) is 5.82. The van der Waals surface area contributed by atoms with E-state index in [0.29, 0.717) is 13.2 Å². The highest BCUT2D eigenvalue weighted by atomic mass is 16.5. The molecule has 0 atom stereocenters. The molecular weight excluding hydrogens is 206 g/mol. The fraction of sp³-hybridized carbons (Fsp3) is 0.750. The van der Waals surface area contributed by atoms with Crippen molar-refractivity contribution in [2.45, 2.75) is 32.6 Å². The molecular formula is C12H21NO3. The normalized spacial score (nSPS) is 10.9. The van der Waals surface area contributed by atoms with E-state index in [0.717, 1.165) is 37.3 Å². The first-order valence-electron chi connectivity index (χ1n) is 5.82. The number of aromatic nitrogens is 1. The molecule has 1 aromatic rings. The molecule has 0 saturated heterocycles. The van der Waals surface area contributed by atoms with Gasteiger partial charge >= 0.3 is 0 Å². The molecule has 0 aliphatic heterocycles. The third-order valence-corrected chi connectivity index (χ3v) is 2.33. The second kappa shape index (κ2) is 8.30. The maximum absolute atomic E-state index is 5.37. The summed E-state index contributed by atoms with van der Waals surface area (Å²) in [6, 6.07) is 2.00. The molecule has 0 amide bonds. The van der Waals surface area contributed by atoms with Gasteiger partial charge in [-0.05, 0) is 26.2 Å². The van der Waals surface area contributed by atoms with Crippen molar-refractivity contribution in [1.29, 1.82) is 0 Å². The highest BCUT2D eigenvalue weighted by Gasteiger charge is 1.99. The van der Waals surface area contributed by atoms with Crippen LogP contribution in [0.1, 0.15) is 30.7 Å². The molecule has 16 heavy (non-hydrogen) atoms. The summed E-state index contributed by atoms with van der Waals surface area (Å²) in [4.78, 5) is 0. The maximum Gasteiger partial charge on any atom is 0.133 e. The molecule has 0 aliphatic carbocycles. The number of methoxy groups -OCH3 is 1. The second-order valence-corrected chi connectivity index (χ2v) is 3.84. The fourth-order valence-electron chi connectivity index (χ4n) is 1.47. The number of hydrogen-bond donors (Lipinski definition) is 0. The van der Waals surface area contributed by atoms with Gasteiger partial charge < -0.3 is 14.0 Å². The Morgan fingerprint density at radius 1 is 1.19 bits per heavy atom. The average molecular weight is 227 g/mol. The Morgan fingerprint density at radius 3 is 2.75 bits per heavy atom. The predicted molar refractivity (Wildman–Crippen MR) is 61.5 cm³/mol. The monoisotopic (exact) mass is 227 g/mol. The lowest BCUT2D eigenvalue weighted by atomic mass is 10.1. The topological polar surface area (TPSA) is 44.5 Å². The van der Waals surface area contributed by atoms with E-state index in [1.807, 2.05) is 13.0 Å². The number of aryl methyl sites for hydroxylation is 2. The van der Waals surface area contributed by atoms with Crippen LogP contribution in [-0.2, 0) is 15.9 Å². The van der Waals surface area contributed by atoms with Crippen LogP contribution in [0.4, 0.5) is 0 Å². The Labute approximate surface area is 96.9 Å². The van der Waals surface area contributed by atoms with Gasteiger partial charge in [-0.3, -0.25) is 0 Å². The van der Waals surface area contributed by atoms with Gasteiger partial charge in [0, 0.05) is 19.8 Å². The Bertz CT molecular complexity index is 273. The highest BCUT2D eigenvalue weighted by molar-refractivity contribution is 5.03. The van der Waals surface area contributed by atoms with Crippen LogP contribution in [0.2, 0.25) is 0 Å². The SMILES string of the molecule is COCCOCCCCCc1cc(C)on1. The van der Waals surface area contributed by atoms with Crippen molar-refractivity contribution in [3.8, 4) is 0 Å². The van der Waals surface area contributed by atoms with Gasteiger partial charge in [0.05, 0.1) is 18.9 Å². The average Bonchev–Trinajstić information content (AvgIpc) is 2.68. The molecule has 1 rings (SSSR count). The Morgan fingerprint density at radius 2 is 2.06 bits per heavy atom. The van der Waals surface area contributed by atoms with Crippen LogP contribution in [0, 0.1) is 6.92 Å². The molecule has 0 saturated carbocycles. The van der Waals surface area contributed by atoms with Gasteiger partial charge in [0.2, 0.25) is 0 Å². The quantitative estimate of drug-likeness (QED) is 0.607. The zero-order valence-corrected chi connectivity index (χ0v) is 10.2. The molecule has 0 bridgehead atoms. The molecule has 4 heteroatoms. The predicted octanol–water partition coefficient (Wildman–Crippen LogP) is 2.36. The maximum atomic E-state index is 5.37. The summed E-state index contributed by atoms with van der Waals surface area (Å²) in [6.07, 6.45) is 4.40. The minimum atomic E-state index is 0.679. The van der Waals surface area contributed by atoms with E-state index in [1.165, 1.54) is 6.42 Å². The largest absolute Gasteiger partial charge is 0.382 e. The Kier molecular flexibility index (Phi) is 6.85. The molecule has 0 spiro atoms. The summed E-state index contributed by atoms with van der Waals surface area (Å²) in [5, 5.41) is 3.95. The van der Waals surface area contributed by atoms with E-state index in [-0.39, 0.29) is 0 Å². The summed E-state index contributed by atoms with van der Waals surface area (Å²) < 4.78 is 15.3.